The Hall–Kier alpha value is -0.0200. The van der Waals surface area contributed by atoms with Gasteiger partial charge in [-0.2, -0.15) is 0 Å². The molecule has 12 heavy (non-hydrogen) atoms. The molecule has 0 unspecified atom stereocenters. The van der Waals surface area contributed by atoms with Crippen molar-refractivity contribution >= 4 is 16.9 Å². The average Bonchev–Trinajstić information content (AvgIpc) is 2.65. The highest BCUT2D eigenvalue weighted by atomic mass is 32.2. The summed E-state index contributed by atoms with van der Waals surface area (Å²) in [6, 6.07) is 0. The van der Waals surface area contributed by atoms with E-state index in [0.29, 0.717) is 17.5 Å². The molecule has 0 N–H and O–H groups in total. The van der Waals surface area contributed by atoms with E-state index in [1.54, 1.807) is 6.92 Å². The molecule has 0 aromatic rings. The molecule has 0 bridgehead atoms. The van der Waals surface area contributed by atoms with Crippen LogP contribution in [0.4, 0.5) is 0 Å². The van der Waals surface area contributed by atoms with Crippen LogP contribution in [0.15, 0.2) is 0 Å². The topological polar surface area (TPSA) is 26.3 Å². The molecule has 0 heterocycles. The molecule has 2 aliphatic rings. The Labute approximate surface area is 77.0 Å². The lowest BCUT2D eigenvalue weighted by atomic mass is 9.95. The van der Waals surface area contributed by atoms with Gasteiger partial charge in [-0.25, -0.2) is 0 Å². The minimum atomic E-state index is 0.241. The first-order chi connectivity index (χ1) is 5.74. The SMILES string of the molecule is CC(=O)SC1CC(OC2CC2)C1. The molecule has 0 atom stereocenters. The van der Waals surface area contributed by atoms with Gasteiger partial charge in [0, 0.05) is 12.2 Å². The van der Waals surface area contributed by atoms with Crippen LogP contribution in [0.5, 0.6) is 0 Å². The Morgan fingerprint density at radius 3 is 2.50 bits per heavy atom. The second kappa shape index (κ2) is 3.38. The smallest absolute Gasteiger partial charge is 0.186 e. The van der Waals surface area contributed by atoms with Gasteiger partial charge in [-0.15, -0.1) is 0 Å². The van der Waals surface area contributed by atoms with E-state index in [0.717, 1.165) is 12.8 Å². The van der Waals surface area contributed by atoms with Crippen molar-refractivity contribution < 1.29 is 9.53 Å². The van der Waals surface area contributed by atoms with E-state index >= 15 is 0 Å². The zero-order valence-electron chi connectivity index (χ0n) is 7.29. The van der Waals surface area contributed by atoms with Crippen molar-refractivity contribution in [1.82, 2.24) is 0 Å². The molecule has 2 saturated carbocycles. The van der Waals surface area contributed by atoms with Crippen LogP contribution in [-0.2, 0) is 9.53 Å². The Balaban J connectivity index is 1.59. The quantitative estimate of drug-likeness (QED) is 0.674. The predicted molar refractivity (Wildman–Crippen MR) is 49.2 cm³/mol. The fourth-order valence-electron chi connectivity index (χ4n) is 1.44. The van der Waals surface area contributed by atoms with Crippen molar-refractivity contribution in [3.05, 3.63) is 0 Å². The average molecular weight is 186 g/mol. The molecular weight excluding hydrogens is 172 g/mol. The zero-order chi connectivity index (χ0) is 8.55. The Kier molecular flexibility index (Phi) is 2.42. The molecule has 3 heteroatoms. The summed E-state index contributed by atoms with van der Waals surface area (Å²) < 4.78 is 5.68. The monoisotopic (exact) mass is 186 g/mol. The van der Waals surface area contributed by atoms with Gasteiger partial charge in [0.2, 0.25) is 0 Å². The molecule has 68 valence electrons. The first-order valence-electron chi connectivity index (χ1n) is 4.56. The number of rotatable bonds is 3. The molecule has 0 amide bonds. The number of thioether (sulfide) groups is 1. The minimum Gasteiger partial charge on any atom is -0.375 e. The number of ether oxygens (including phenoxy) is 1. The summed E-state index contributed by atoms with van der Waals surface area (Å²) in [5.41, 5.74) is 0. The maximum Gasteiger partial charge on any atom is 0.186 e. The van der Waals surface area contributed by atoms with Crippen molar-refractivity contribution in [3.8, 4) is 0 Å². The second-order valence-electron chi connectivity index (χ2n) is 3.66. The summed E-state index contributed by atoms with van der Waals surface area (Å²) in [5, 5.41) is 0.788. The summed E-state index contributed by atoms with van der Waals surface area (Å²) in [6.07, 6.45) is 5.71. The molecule has 0 saturated heterocycles. The minimum absolute atomic E-state index is 0.241. The highest BCUT2D eigenvalue weighted by Crippen LogP contribution is 2.38. The third-order valence-electron chi connectivity index (χ3n) is 2.29. The van der Waals surface area contributed by atoms with Gasteiger partial charge in [0.05, 0.1) is 12.2 Å². The van der Waals surface area contributed by atoms with E-state index in [1.165, 1.54) is 24.6 Å². The van der Waals surface area contributed by atoms with Crippen LogP contribution in [0, 0.1) is 0 Å². The number of hydrogen-bond acceptors (Lipinski definition) is 3. The summed E-state index contributed by atoms with van der Waals surface area (Å²) in [6.45, 7) is 1.64. The van der Waals surface area contributed by atoms with Gasteiger partial charge in [-0.3, -0.25) is 4.79 Å². The lowest BCUT2D eigenvalue weighted by molar-refractivity contribution is -0.109. The normalized spacial score (nSPS) is 34.4. The first-order valence-corrected chi connectivity index (χ1v) is 5.44. The van der Waals surface area contributed by atoms with E-state index in [9.17, 15) is 4.79 Å². The number of hydrogen-bond donors (Lipinski definition) is 0. The molecule has 0 aromatic carbocycles. The molecular formula is C9H14O2S. The zero-order valence-corrected chi connectivity index (χ0v) is 8.10. The molecule has 0 spiro atoms. The Bertz CT molecular complexity index is 183. The van der Waals surface area contributed by atoms with Crippen molar-refractivity contribution in [1.29, 1.82) is 0 Å². The van der Waals surface area contributed by atoms with Gasteiger partial charge in [-0.05, 0) is 25.7 Å². The summed E-state index contributed by atoms with van der Waals surface area (Å²) in [4.78, 5) is 10.7. The van der Waals surface area contributed by atoms with E-state index in [4.69, 9.17) is 4.74 Å². The maximum absolute atomic E-state index is 10.7. The molecule has 2 nitrogen and oxygen atoms in total. The van der Waals surface area contributed by atoms with Crippen LogP contribution in [0.2, 0.25) is 0 Å². The summed E-state index contributed by atoms with van der Waals surface area (Å²) in [5.74, 6) is 0. The first kappa shape index (κ1) is 8.57. The van der Waals surface area contributed by atoms with Gasteiger partial charge in [0.25, 0.3) is 0 Å². The number of carbonyl (C=O) groups excluding carboxylic acids is 1. The fraction of sp³-hybridized carbons (Fsp3) is 0.889. The Morgan fingerprint density at radius 1 is 1.33 bits per heavy atom. The van der Waals surface area contributed by atoms with Gasteiger partial charge in [-0.1, -0.05) is 11.8 Å². The van der Waals surface area contributed by atoms with Crippen molar-refractivity contribution in [2.24, 2.45) is 0 Å². The fourth-order valence-corrected chi connectivity index (χ4v) is 2.53. The van der Waals surface area contributed by atoms with E-state index in [-0.39, 0.29) is 5.12 Å². The molecule has 2 aliphatic carbocycles. The third-order valence-corrected chi connectivity index (χ3v) is 3.34. The van der Waals surface area contributed by atoms with Crippen LogP contribution in [0.25, 0.3) is 0 Å². The molecule has 0 aliphatic heterocycles. The lowest BCUT2D eigenvalue weighted by Crippen LogP contribution is -2.34. The van der Waals surface area contributed by atoms with Crippen molar-refractivity contribution in [3.63, 3.8) is 0 Å². The molecule has 2 fully saturated rings. The van der Waals surface area contributed by atoms with Gasteiger partial charge >= 0.3 is 0 Å². The Morgan fingerprint density at radius 2 is 2.00 bits per heavy atom. The van der Waals surface area contributed by atoms with Crippen molar-refractivity contribution in [2.75, 3.05) is 0 Å². The van der Waals surface area contributed by atoms with Crippen LogP contribution in [-0.4, -0.2) is 22.6 Å². The van der Waals surface area contributed by atoms with Gasteiger partial charge in [0.1, 0.15) is 0 Å². The van der Waals surface area contributed by atoms with Crippen LogP contribution in [0.1, 0.15) is 32.6 Å². The lowest BCUT2D eigenvalue weighted by Gasteiger charge is -2.33. The predicted octanol–water partition coefficient (Wildman–Crippen LogP) is 1.98. The molecule has 0 radical (unpaired) electrons. The van der Waals surface area contributed by atoms with Crippen LogP contribution < -0.4 is 0 Å². The maximum atomic E-state index is 10.7. The van der Waals surface area contributed by atoms with E-state index in [1.807, 2.05) is 0 Å². The van der Waals surface area contributed by atoms with Crippen LogP contribution >= 0.6 is 11.8 Å². The highest BCUT2D eigenvalue weighted by Gasteiger charge is 2.35. The standard InChI is InChI=1S/C9H14O2S/c1-6(10)12-9-4-8(5-9)11-7-2-3-7/h7-9H,2-5H2,1H3. The van der Waals surface area contributed by atoms with Gasteiger partial charge < -0.3 is 4.74 Å². The van der Waals surface area contributed by atoms with Gasteiger partial charge in [0.15, 0.2) is 5.12 Å². The number of carbonyl (C=O) groups is 1. The summed E-state index contributed by atoms with van der Waals surface area (Å²) in [7, 11) is 0. The van der Waals surface area contributed by atoms with E-state index in [2.05, 4.69) is 0 Å². The molecule has 0 aromatic heterocycles. The summed E-state index contributed by atoms with van der Waals surface area (Å²) >= 11 is 1.47. The third kappa shape index (κ3) is 2.23. The largest absolute Gasteiger partial charge is 0.375 e. The van der Waals surface area contributed by atoms with Crippen LogP contribution in [0.3, 0.4) is 0 Å². The second-order valence-corrected chi connectivity index (χ2v) is 5.14. The van der Waals surface area contributed by atoms with Crippen molar-refractivity contribution in [2.45, 2.75) is 50.1 Å². The highest BCUT2D eigenvalue weighted by molar-refractivity contribution is 8.14. The van der Waals surface area contributed by atoms with E-state index < -0.39 is 0 Å². The molecule has 2 rings (SSSR count).